The summed E-state index contributed by atoms with van der Waals surface area (Å²) < 4.78 is 10.5. The Morgan fingerprint density at radius 3 is 2.52 bits per heavy atom. The Bertz CT molecular complexity index is 791. The fourth-order valence-corrected chi connectivity index (χ4v) is 3.69. The highest BCUT2D eigenvalue weighted by Gasteiger charge is 2.24. The molecule has 2 aromatic carbocycles. The van der Waals surface area contributed by atoms with Crippen molar-refractivity contribution in [2.45, 2.75) is 18.9 Å². The minimum atomic E-state index is -0.137. The second-order valence-electron chi connectivity index (χ2n) is 6.59. The van der Waals surface area contributed by atoms with E-state index in [1.54, 1.807) is 32.4 Å². The van der Waals surface area contributed by atoms with E-state index in [2.05, 4.69) is 16.3 Å². The van der Waals surface area contributed by atoms with Crippen LogP contribution in [0.15, 0.2) is 42.5 Å². The molecule has 6 heteroatoms. The highest BCUT2D eigenvalue weighted by Crippen LogP contribution is 2.28. The van der Waals surface area contributed by atoms with Crippen molar-refractivity contribution in [2.75, 3.05) is 33.9 Å². The number of ether oxygens (including phenoxy) is 2. The van der Waals surface area contributed by atoms with Gasteiger partial charge in [0.1, 0.15) is 0 Å². The zero-order chi connectivity index (χ0) is 19.2. The summed E-state index contributed by atoms with van der Waals surface area (Å²) in [5, 5.41) is 3.77. The molecular formula is C21H25ClN2O3. The number of amides is 1. The topological polar surface area (TPSA) is 50.8 Å². The molecule has 0 saturated carbocycles. The predicted molar refractivity (Wildman–Crippen MR) is 107 cm³/mol. The van der Waals surface area contributed by atoms with Gasteiger partial charge in [-0.05, 0) is 61.8 Å². The van der Waals surface area contributed by atoms with E-state index in [4.69, 9.17) is 21.1 Å². The largest absolute Gasteiger partial charge is 0.493 e. The van der Waals surface area contributed by atoms with Crippen LogP contribution < -0.4 is 14.8 Å². The molecule has 27 heavy (non-hydrogen) atoms. The van der Waals surface area contributed by atoms with Crippen LogP contribution in [0, 0.1) is 0 Å². The number of methoxy groups -OCH3 is 2. The summed E-state index contributed by atoms with van der Waals surface area (Å²) >= 11 is 6.18. The van der Waals surface area contributed by atoms with Crippen LogP contribution in [-0.4, -0.2) is 44.7 Å². The summed E-state index contributed by atoms with van der Waals surface area (Å²) in [6, 6.07) is 13.1. The molecule has 1 aliphatic rings. The van der Waals surface area contributed by atoms with Crippen molar-refractivity contribution in [2.24, 2.45) is 0 Å². The number of carbonyl (C=O) groups is 1. The first-order valence-electron chi connectivity index (χ1n) is 9.12. The Kier molecular flexibility index (Phi) is 6.58. The molecule has 0 spiro atoms. The van der Waals surface area contributed by atoms with E-state index in [-0.39, 0.29) is 11.9 Å². The molecule has 1 atom stereocenters. The van der Waals surface area contributed by atoms with Gasteiger partial charge in [-0.15, -0.1) is 0 Å². The number of benzene rings is 2. The Hall–Kier alpha value is -2.24. The van der Waals surface area contributed by atoms with Crippen LogP contribution >= 0.6 is 11.6 Å². The molecule has 0 bridgehead atoms. The van der Waals surface area contributed by atoms with Gasteiger partial charge in [0.2, 0.25) is 0 Å². The summed E-state index contributed by atoms with van der Waals surface area (Å²) in [6.45, 7) is 2.58. The molecule has 1 heterocycles. The molecule has 3 rings (SSSR count). The standard InChI is InChI=1S/C21H25ClN2O3/c1-26-19-9-8-16(13-20(19)27-2)21(25)23-14-18(24-10-3-4-11-24)15-6-5-7-17(22)12-15/h5-9,12-13,18H,3-4,10-11,14H2,1-2H3,(H,23,25). The SMILES string of the molecule is COc1ccc(C(=O)NCC(c2cccc(Cl)c2)N2CCCC2)cc1OC. The van der Waals surface area contributed by atoms with Crippen molar-refractivity contribution in [1.29, 1.82) is 0 Å². The zero-order valence-electron chi connectivity index (χ0n) is 15.7. The summed E-state index contributed by atoms with van der Waals surface area (Å²) in [7, 11) is 3.13. The molecule has 144 valence electrons. The van der Waals surface area contributed by atoms with Crippen molar-refractivity contribution in [1.82, 2.24) is 10.2 Å². The number of nitrogens with one attached hydrogen (secondary N) is 1. The lowest BCUT2D eigenvalue weighted by atomic mass is 10.1. The van der Waals surface area contributed by atoms with E-state index < -0.39 is 0 Å². The maximum Gasteiger partial charge on any atom is 0.251 e. The number of carbonyl (C=O) groups excluding carboxylic acids is 1. The third-order valence-corrected chi connectivity index (χ3v) is 5.15. The molecule has 1 amide bonds. The molecule has 0 radical (unpaired) electrons. The molecule has 1 saturated heterocycles. The molecule has 1 aliphatic heterocycles. The lowest BCUT2D eigenvalue weighted by Crippen LogP contribution is -2.36. The van der Waals surface area contributed by atoms with Gasteiger partial charge in [-0.25, -0.2) is 0 Å². The maximum atomic E-state index is 12.7. The second kappa shape index (κ2) is 9.11. The molecule has 2 aromatic rings. The van der Waals surface area contributed by atoms with E-state index in [9.17, 15) is 4.79 Å². The second-order valence-corrected chi connectivity index (χ2v) is 7.03. The van der Waals surface area contributed by atoms with Gasteiger partial charge in [-0.2, -0.15) is 0 Å². The number of hydrogen-bond donors (Lipinski definition) is 1. The van der Waals surface area contributed by atoms with Crippen LogP contribution in [-0.2, 0) is 0 Å². The fourth-order valence-electron chi connectivity index (χ4n) is 3.49. The third-order valence-electron chi connectivity index (χ3n) is 4.92. The Morgan fingerprint density at radius 1 is 1.11 bits per heavy atom. The monoisotopic (exact) mass is 388 g/mol. The van der Waals surface area contributed by atoms with Crippen LogP contribution in [0.1, 0.15) is 34.8 Å². The minimum absolute atomic E-state index is 0.107. The maximum absolute atomic E-state index is 12.7. The van der Waals surface area contributed by atoms with Crippen molar-refractivity contribution >= 4 is 17.5 Å². The number of nitrogens with zero attached hydrogens (tertiary/aromatic N) is 1. The smallest absolute Gasteiger partial charge is 0.251 e. The first kappa shape index (κ1) is 19.5. The Morgan fingerprint density at radius 2 is 1.85 bits per heavy atom. The summed E-state index contributed by atoms with van der Waals surface area (Å²) in [6.07, 6.45) is 2.36. The van der Waals surface area contributed by atoms with Gasteiger partial charge < -0.3 is 14.8 Å². The highest BCUT2D eigenvalue weighted by molar-refractivity contribution is 6.30. The van der Waals surface area contributed by atoms with Crippen LogP contribution in [0.4, 0.5) is 0 Å². The third kappa shape index (κ3) is 4.73. The van der Waals surface area contributed by atoms with Crippen molar-refractivity contribution in [3.05, 3.63) is 58.6 Å². The minimum Gasteiger partial charge on any atom is -0.493 e. The van der Waals surface area contributed by atoms with Crippen molar-refractivity contribution in [3.8, 4) is 11.5 Å². The summed E-state index contributed by atoms with van der Waals surface area (Å²) in [5.74, 6) is 1.00. The molecule has 0 aliphatic carbocycles. The zero-order valence-corrected chi connectivity index (χ0v) is 16.5. The number of likely N-dealkylation sites (tertiary alicyclic amines) is 1. The molecule has 1 unspecified atom stereocenters. The van der Waals surface area contributed by atoms with Gasteiger partial charge in [0, 0.05) is 17.1 Å². The molecule has 5 nitrogen and oxygen atoms in total. The van der Waals surface area contributed by atoms with E-state index in [0.717, 1.165) is 18.7 Å². The van der Waals surface area contributed by atoms with Crippen LogP contribution in [0.3, 0.4) is 0 Å². The van der Waals surface area contributed by atoms with Gasteiger partial charge in [-0.3, -0.25) is 9.69 Å². The number of halogens is 1. The van der Waals surface area contributed by atoms with E-state index >= 15 is 0 Å². The number of rotatable bonds is 7. The highest BCUT2D eigenvalue weighted by atomic mass is 35.5. The quantitative estimate of drug-likeness (QED) is 0.780. The van der Waals surface area contributed by atoms with Gasteiger partial charge in [0.15, 0.2) is 11.5 Å². The molecule has 1 fully saturated rings. The van der Waals surface area contributed by atoms with Gasteiger partial charge >= 0.3 is 0 Å². The summed E-state index contributed by atoms with van der Waals surface area (Å²) in [5.41, 5.74) is 1.66. The first-order valence-corrected chi connectivity index (χ1v) is 9.50. The first-order chi connectivity index (χ1) is 13.1. The summed E-state index contributed by atoms with van der Waals surface area (Å²) in [4.78, 5) is 15.1. The van der Waals surface area contributed by atoms with Crippen LogP contribution in [0.2, 0.25) is 5.02 Å². The Balaban J connectivity index is 1.74. The molecular weight excluding hydrogens is 364 g/mol. The average Bonchev–Trinajstić information content (AvgIpc) is 3.22. The predicted octanol–water partition coefficient (Wildman–Crippen LogP) is 3.92. The average molecular weight is 389 g/mol. The van der Waals surface area contributed by atoms with E-state index in [1.807, 2.05) is 18.2 Å². The van der Waals surface area contributed by atoms with Gasteiger partial charge in [0.05, 0.1) is 20.3 Å². The van der Waals surface area contributed by atoms with Crippen LogP contribution in [0.25, 0.3) is 0 Å². The number of hydrogen-bond acceptors (Lipinski definition) is 4. The van der Waals surface area contributed by atoms with E-state index in [0.29, 0.717) is 28.6 Å². The Labute approximate surface area is 165 Å². The fraction of sp³-hybridized carbons (Fsp3) is 0.381. The van der Waals surface area contributed by atoms with Crippen LogP contribution in [0.5, 0.6) is 11.5 Å². The normalized spacial score (nSPS) is 15.4. The van der Waals surface area contributed by atoms with Crippen molar-refractivity contribution < 1.29 is 14.3 Å². The van der Waals surface area contributed by atoms with Crippen molar-refractivity contribution in [3.63, 3.8) is 0 Å². The van der Waals surface area contributed by atoms with Gasteiger partial charge in [0.25, 0.3) is 5.91 Å². The lowest BCUT2D eigenvalue weighted by Gasteiger charge is -2.28. The van der Waals surface area contributed by atoms with E-state index in [1.165, 1.54) is 12.8 Å². The molecule has 0 aromatic heterocycles. The molecule has 1 N–H and O–H groups in total. The van der Waals surface area contributed by atoms with Gasteiger partial charge in [-0.1, -0.05) is 23.7 Å². The lowest BCUT2D eigenvalue weighted by molar-refractivity contribution is 0.0937.